The maximum Gasteiger partial charge on any atom is 0.354 e. The lowest BCUT2D eigenvalue weighted by atomic mass is 10.2. The summed E-state index contributed by atoms with van der Waals surface area (Å²) in [5.74, 6) is -0.423. The van der Waals surface area contributed by atoms with Crippen molar-refractivity contribution in [3.05, 3.63) is 79.8 Å². The van der Waals surface area contributed by atoms with Gasteiger partial charge in [0.05, 0.1) is 12.6 Å². The highest BCUT2D eigenvalue weighted by molar-refractivity contribution is 6.30. The van der Waals surface area contributed by atoms with Gasteiger partial charge in [-0.25, -0.2) is 18.5 Å². The fourth-order valence-corrected chi connectivity index (χ4v) is 3.97. The van der Waals surface area contributed by atoms with Crippen LogP contribution < -0.4 is 21.4 Å². The molecule has 37 heavy (non-hydrogen) atoms. The fraction of sp³-hybridized carbons (Fsp3) is 0.444. The topological polar surface area (TPSA) is 81.4 Å². The summed E-state index contributed by atoms with van der Waals surface area (Å²) in [4.78, 5) is 32.8. The van der Waals surface area contributed by atoms with Gasteiger partial charge in [0, 0.05) is 29.9 Å². The highest BCUT2D eigenvalue weighted by atomic mass is 35.5. The summed E-state index contributed by atoms with van der Waals surface area (Å²) >= 11 is 6.02. The summed E-state index contributed by atoms with van der Waals surface area (Å²) < 4.78 is 22.6. The molecule has 2 aromatic carbocycles. The molecule has 0 aliphatic rings. The van der Waals surface area contributed by atoms with Crippen LogP contribution in [0, 0.1) is 5.82 Å². The number of benzene rings is 2. The summed E-state index contributed by atoms with van der Waals surface area (Å²) in [6.45, 7) is 10.4. The molecule has 8 nitrogen and oxygen atoms in total. The zero-order chi connectivity index (χ0) is 26.9. The van der Waals surface area contributed by atoms with Gasteiger partial charge >= 0.3 is 11.4 Å². The van der Waals surface area contributed by atoms with E-state index in [4.69, 9.17) is 16.3 Å². The van der Waals surface area contributed by atoms with E-state index in [1.165, 1.54) is 16.7 Å². The van der Waals surface area contributed by atoms with Gasteiger partial charge < -0.3 is 15.0 Å². The highest BCUT2D eigenvalue weighted by Gasteiger charge is 2.16. The molecule has 0 aliphatic carbocycles. The van der Waals surface area contributed by atoms with Crippen molar-refractivity contribution >= 4 is 23.2 Å². The SMILES string of the molecule is CCCCN(CC)CCn1c(=O)nc(Nc2ccc(OC(C)C)c(F)c2)n(Cc2ccc(Cl)cc2)c1=O. The van der Waals surface area contributed by atoms with Crippen molar-refractivity contribution in [1.82, 2.24) is 19.0 Å². The smallest absolute Gasteiger partial charge is 0.354 e. The molecule has 10 heteroatoms. The lowest BCUT2D eigenvalue weighted by Gasteiger charge is -2.21. The molecule has 0 unspecified atom stereocenters. The van der Waals surface area contributed by atoms with Crippen LogP contribution in [0.15, 0.2) is 52.1 Å². The van der Waals surface area contributed by atoms with E-state index in [0.29, 0.717) is 17.3 Å². The van der Waals surface area contributed by atoms with E-state index in [-0.39, 0.29) is 30.9 Å². The first-order valence-electron chi connectivity index (χ1n) is 12.6. The number of hydrogen-bond acceptors (Lipinski definition) is 6. The number of halogens is 2. The molecule has 0 bridgehead atoms. The van der Waals surface area contributed by atoms with E-state index in [0.717, 1.165) is 36.1 Å². The van der Waals surface area contributed by atoms with Crippen LogP contribution in [0.25, 0.3) is 0 Å². The molecule has 0 atom stereocenters. The Labute approximate surface area is 221 Å². The lowest BCUT2D eigenvalue weighted by Crippen LogP contribution is -2.45. The third kappa shape index (κ3) is 7.90. The van der Waals surface area contributed by atoms with Crippen molar-refractivity contribution in [3.8, 4) is 5.75 Å². The Bertz CT molecular complexity index is 1290. The molecule has 0 aliphatic heterocycles. The van der Waals surface area contributed by atoms with Gasteiger partial charge in [-0.15, -0.1) is 0 Å². The van der Waals surface area contributed by atoms with E-state index in [1.807, 2.05) is 13.8 Å². The molecule has 1 aromatic heterocycles. The first kappa shape index (κ1) is 28.4. The van der Waals surface area contributed by atoms with E-state index in [1.54, 1.807) is 30.3 Å². The molecule has 0 saturated carbocycles. The maximum absolute atomic E-state index is 14.6. The average Bonchev–Trinajstić information content (AvgIpc) is 2.86. The van der Waals surface area contributed by atoms with Gasteiger partial charge in [-0.05, 0) is 63.2 Å². The number of likely N-dealkylation sites (N-methyl/N-ethyl adjacent to an activating group) is 1. The monoisotopic (exact) mass is 531 g/mol. The molecule has 1 N–H and O–H groups in total. The Kier molecular flexibility index (Phi) is 10.3. The molecular weight excluding hydrogens is 497 g/mol. The van der Waals surface area contributed by atoms with E-state index in [2.05, 4.69) is 29.0 Å². The third-order valence-electron chi connectivity index (χ3n) is 5.87. The first-order valence-corrected chi connectivity index (χ1v) is 13.0. The van der Waals surface area contributed by atoms with Gasteiger partial charge in [-0.1, -0.05) is 44.0 Å². The third-order valence-corrected chi connectivity index (χ3v) is 6.12. The Hall–Kier alpha value is -3.17. The van der Waals surface area contributed by atoms with Gasteiger partial charge in [0.1, 0.15) is 0 Å². The van der Waals surface area contributed by atoms with Crippen molar-refractivity contribution in [3.63, 3.8) is 0 Å². The number of nitrogens with one attached hydrogen (secondary N) is 1. The van der Waals surface area contributed by atoms with Crippen LogP contribution in [-0.2, 0) is 13.1 Å². The summed E-state index contributed by atoms with van der Waals surface area (Å²) in [6, 6.07) is 11.4. The second-order valence-electron chi connectivity index (χ2n) is 9.09. The zero-order valence-corrected chi connectivity index (χ0v) is 22.6. The van der Waals surface area contributed by atoms with Crippen molar-refractivity contribution in [2.45, 2.75) is 59.7 Å². The Morgan fingerprint density at radius 3 is 2.43 bits per heavy atom. The maximum atomic E-state index is 14.6. The summed E-state index contributed by atoms with van der Waals surface area (Å²) in [5.41, 5.74) is -0.0263. The van der Waals surface area contributed by atoms with Crippen molar-refractivity contribution in [2.75, 3.05) is 25.0 Å². The largest absolute Gasteiger partial charge is 0.488 e. The van der Waals surface area contributed by atoms with Gasteiger partial charge in [0.25, 0.3) is 0 Å². The first-order chi connectivity index (χ1) is 17.7. The summed E-state index contributed by atoms with van der Waals surface area (Å²) in [5, 5.41) is 3.52. The van der Waals surface area contributed by atoms with Gasteiger partial charge in [-0.2, -0.15) is 4.98 Å². The molecule has 1 heterocycles. The van der Waals surface area contributed by atoms with Crippen molar-refractivity contribution in [2.24, 2.45) is 0 Å². The number of anilines is 2. The number of hydrogen-bond donors (Lipinski definition) is 1. The standard InChI is InChI=1S/C27H35ClFN5O3/c1-5-7-14-32(6-2)15-16-33-26(35)31-25(30-22-12-13-24(23(29)17-22)37-19(3)4)34(27(33)36)18-20-8-10-21(28)11-9-20/h8-13,17,19H,5-7,14-16,18H2,1-4H3,(H,30,31,35). The van der Waals surface area contributed by atoms with Crippen molar-refractivity contribution < 1.29 is 9.13 Å². The summed E-state index contributed by atoms with van der Waals surface area (Å²) in [6.07, 6.45) is 1.93. The van der Waals surface area contributed by atoms with Gasteiger partial charge in [-0.3, -0.25) is 4.57 Å². The van der Waals surface area contributed by atoms with E-state index < -0.39 is 17.2 Å². The normalized spacial score (nSPS) is 11.4. The van der Waals surface area contributed by atoms with E-state index in [9.17, 15) is 14.0 Å². The molecule has 0 radical (unpaired) electrons. The number of aromatic nitrogens is 3. The van der Waals surface area contributed by atoms with Crippen LogP contribution in [0.2, 0.25) is 5.02 Å². The summed E-state index contributed by atoms with van der Waals surface area (Å²) in [7, 11) is 0. The second kappa shape index (κ2) is 13.4. The average molecular weight is 532 g/mol. The van der Waals surface area contributed by atoms with Crippen molar-refractivity contribution in [1.29, 1.82) is 0 Å². The van der Waals surface area contributed by atoms with Crippen LogP contribution >= 0.6 is 11.6 Å². The van der Waals surface area contributed by atoms with Crippen LogP contribution in [0.3, 0.4) is 0 Å². The van der Waals surface area contributed by atoms with Crippen LogP contribution in [0.5, 0.6) is 5.75 Å². The Morgan fingerprint density at radius 2 is 1.81 bits per heavy atom. The minimum absolute atomic E-state index is 0.0245. The number of rotatable bonds is 13. The molecule has 0 amide bonds. The zero-order valence-electron chi connectivity index (χ0n) is 21.8. The molecule has 3 rings (SSSR count). The Balaban J connectivity index is 1.97. The van der Waals surface area contributed by atoms with Gasteiger partial charge in [0.15, 0.2) is 11.6 Å². The predicted octanol–water partition coefficient (Wildman–Crippen LogP) is 4.90. The second-order valence-corrected chi connectivity index (χ2v) is 9.53. The molecule has 3 aromatic rings. The van der Waals surface area contributed by atoms with Crippen LogP contribution in [-0.4, -0.2) is 44.8 Å². The number of ether oxygens (including phenoxy) is 1. The van der Waals surface area contributed by atoms with Crippen LogP contribution in [0.4, 0.5) is 16.0 Å². The predicted molar refractivity (Wildman–Crippen MR) is 146 cm³/mol. The molecule has 0 fully saturated rings. The number of nitrogens with zero attached hydrogens (tertiary/aromatic N) is 4. The molecular formula is C27H35ClFN5O3. The minimum atomic E-state index is -0.661. The Morgan fingerprint density at radius 1 is 1.08 bits per heavy atom. The minimum Gasteiger partial charge on any atom is -0.488 e. The van der Waals surface area contributed by atoms with E-state index >= 15 is 0 Å². The van der Waals surface area contributed by atoms with Crippen LogP contribution in [0.1, 0.15) is 46.1 Å². The lowest BCUT2D eigenvalue weighted by molar-refractivity contribution is 0.231. The molecule has 200 valence electrons. The molecule has 0 saturated heterocycles. The van der Waals surface area contributed by atoms with Gasteiger partial charge in [0.2, 0.25) is 5.95 Å². The molecule has 0 spiro atoms. The fourth-order valence-electron chi connectivity index (χ4n) is 3.84. The highest BCUT2D eigenvalue weighted by Crippen LogP contribution is 2.24. The quantitative estimate of drug-likeness (QED) is 0.338. The number of unbranched alkanes of at least 4 members (excludes halogenated alkanes) is 1.